The van der Waals surface area contributed by atoms with Crippen molar-refractivity contribution in [2.24, 2.45) is 0 Å². The zero-order valence-electron chi connectivity index (χ0n) is 10.9. The van der Waals surface area contributed by atoms with Gasteiger partial charge in [0, 0.05) is 18.7 Å². The quantitative estimate of drug-likeness (QED) is 0.757. The molecule has 0 fully saturated rings. The average molecular weight is 320 g/mol. The summed E-state index contributed by atoms with van der Waals surface area (Å²) >= 11 is 11.6. The second-order valence-corrected chi connectivity index (χ2v) is 4.97. The summed E-state index contributed by atoms with van der Waals surface area (Å²) < 4.78 is 4.85. The molecule has 1 aromatic carbocycles. The number of carbonyl (C=O) groups is 2. The van der Waals surface area contributed by atoms with Crippen molar-refractivity contribution in [1.29, 1.82) is 0 Å². The predicted octanol–water partition coefficient (Wildman–Crippen LogP) is 2.60. The maximum atomic E-state index is 12.0. The van der Waals surface area contributed by atoms with Gasteiger partial charge in [0.2, 0.25) is 0 Å². The monoisotopic (exact) mass is 319 g/mol. The van der Waals surface area contributed by atoms with Gasteiger partial charge < -0.3 is 15.2 Å². The van der Waals surface area contributed by atoms with Gasteiger partial charge in [0.1, 0.15) is 6.04 Å². The van der Waals surface area contributed by atoms with Gasteiger partial charge in [-0.3, -0.25) is 4.79 Å². The molecule has 0 saturated heterocycles. The van der Waals surface area contributed by atoms with Crippen LogP contribution in [-0.4, -0.2) is 36.7 Å². The third-order valence-corrected chi connectivity index (χ3v) is 3.17. The van der Waals surface area contributed by atoms with Crippen molar-refractivity contribution >= 4 is 35.1 Å². The van der Waals surface area contributed by atoms with Crippen molar-refractivity contribution in [3.8, 4) is 0 Å². The van der Waals surface area contributed by atoms with Crippen LogP contribution in [0.1, 0.15) is 23.2 Å². The van der Waals surface area contributed by atoms with E-state index >= 15 is 0 Å². The summed E-state index contributed by atoms with van der Waals surface area (Å²) in [4.78, 5) is 23.1. The summed E-state index contributed by atoms with van der Waals surface area (Å²) in [6.07, 6.45) is 0.808. The summed E-state index contributed by atoms with van der Waals surface area (Å²) in [5.74, 6) is -1.64. The van der Waals surface area contributed by atoms with Gasteiger partial charge in [-0.05, 0) is 31.0 Å². The van der Waals surface area contributed by atoms with Gasteiger partial charge in [-0.2, -0.15) is 0 Å². The lowest BCUT2D eigenvalue weighted by Crippen LogP contribution is -2.41. The van der Waals surface area contributed by atoms with Gasteiger partial charge in [-0.15, -0.1) is 0 Å². The first-order chi connectivity index (χ1) is 9.45. The summed E-state index contributed by atoms with van der Waals surface area (Å²) in [6, 6.07) is 3.42. The van der Waals surface area contributed by atoms with E-state index in [2.05, 4.69) is 5.32 Å². The number of amides is 1. The first kappa shape index (κ1) is 16.8. The van der Waals surface area contributed by atoms with Crippen molar-refractivity contribution < 1.29 is 19.4 Å². The van der Waals surface area contributed by atoms with Crippen LogP contribution in [0, 0.1) is 0 Å². The Labute approximate surface area is 126 Å². The lowest BCUT2D eigenvalue weighted by atomic mass is 10.1. The summed E-state index contributed by atoms with van der Waals surface area (Å²) in [5.41, 5.74) is 0.189. The summed E-state index contributed by atoms with van der Waals surface area (Å²) in [5, 5.41) is 12.1. The highest BCUT2D eigenvalue weighted by Gasteiger charge is 2.21. The molecule has 1 unspecified atom stereocenters. The molecule has 2 N–H and O–H groups in total. The lowest BCUT2D eigenvalue weighted by Gasteiger charge is -2.15. The zero-order valence-corrected chi connectivity index (χ0v) is 12.4. The molecule has 0 aromatic heterocycles. The van der Waals surface area contributed by atoms with Gasteiger partial charge in [-0.25, -0.2) is 4.79 Å². The van der Waals surface area contributed by atoms with Crippen molar-refractivity contribution in [2.75, 3.05) is 13.7 Å². The topological polar surface area (TPSA) is 75.6 Å². The minimum absolute atomic E-state index is 0.177. The zero-order chi connectivity index (χ0) is 15.1. The molecule has 0 aliphatic rings. The second-order valence-electron chi connectivity index (χ2n) is 4.12. The molecule has 1 amide bonds. The first-order valence-electron chi connectivity index (χ1n) is 5.93. The number of hydrogen-bond donors (Lipinski definition) is 2. The van der Waals surface area contributed by atoms with E-state index in [1.54, 1.807) is 0 Å². The Morgan fingerprint density at radius 3 is 2.65 bits per heavy atom. The molecule has 0 heterocycles. The van der Waals surface area contributed by atoms with Gasteiger partial charge in [-0.1, -0.05) is 23.2 Å². The molecule has 0 aliphatic heterocycles. The molecular weight excluding hydrogens is 305 g/mol. The third kappa shape index (κ3) is 5.00. The van der Waals surface area contributed by atoms with Crippen molar-refractivity contribution in [3.63, 3.8) is 0 Å². The number of carbonyl (C=O) groups excluding carboxylic acids is 1. The Bertz CT molecular complexity index is 493. The molecule has 0 spiro atoms. The molecule has 1 aromatic rings. The van der Waals surface area contributed by atoms with Crippen LogP contribution < -0.4 is 5.32 Å². The number of aliphatic carboxylic acids is 1. The Morgan fingerprint density at radius 2 is 2.10 bits per heavy atom. The number of methoxy groups -OCH3 is 1. The number of hydrogen-bond acceptors (Lipinski definition) is 3. The number of halogens is 2. The van der Waals surface area contributed by atoms with Crippen LogP contribution >= 0.6 is 23.2 Å². The van der Waals surface area contributed by atoms with Crippen LogP contribution in [0.15, 0.2) is 18.2 Å². The molecular formula is C13H15Cl2NO4. The molecule has 20 heavy (non-hydrogen) atoms. The van der Waals surface area contributed by atoms with Crippen molar-refractivity contribution in [2.45, 2.75) is 18.9 Å². The smallest absolute Gasteiger partial charge is 0.326 e. The standard InChI is InChI=1S/C13H15Cl2NO4/c1-20-6-2-3-11(13(18)19)16-12(17)9-5-4-8(14)7-10(9)15/h4-5,7,11H,2-3,6H2,1H3,(H,16,17)(H,18,19). The lowest BCUT2D eigenvalue weighted by molar-refractivity contribution is -0.139. The molecule has 110 valence electrons. The van der Waals surface area contributed by atoms with Crippen LogP contribution in [0.25, 0.3) is 0 Å². The number of carboxylic acids is 1. The van der Waals surface area contributed by atoms with Crippen LogP contribution in [0.3, 0.4) is 0 Å². The minimum atomic E-state index is -1.10. The van der Waals surface area contributed by atoms with Gasteiger partial charge in [0.05, 0.1) is 10.6 Å². The predicted molar refractivity (Wildman–Crippen MR) is 76.5 cm³/mol. The van der Waals surface area contributed by atoms with E-state index < -0.39 is 17.9 Å². The molecule has 1 rings (SSSR count). The van der Waals surface area contributed by atoms with E-state index in [1.165, 1.54) is 25.3 Å². The fourth-order valence-corrected chi connectivity index (χ4v) is 2.09. The fraction of sp³-hybridized carbons (Fsp3) is 0.385. The number of nitrogens with one attached hydrogen (secondary N) is 1. The van der Waals surface area contributed by atoms with Crippen molar-refractivity contribution in [1.82, 2.24) is 5.32 Å². The fourth-order valence-electron chi connectivity index (χ4n) is 1.60. The van der Waals surface area contributed by atoms with E-state index in [1.807, 2.05) is 0 Å². The second kappa shape index (κ2) is 8.09. The molecule has 1 atom stereocenters. The molecule has 0 bridgehead atoms. The highest BCUT2D eigenvalue weighted by Crippen LogP contribution is 2.21. The number of benzene rings is 1. The van der Waals surface area contributed by atoms with Gasteiger partial charge in [0.15, 0.2) is 0 Å². The van der Waals surface area contributed by atoms with E-state index in [4.69, 9.17) is 33.0 Å². The van der Waals surface area contributed by atoms with E-state index in [9.17, 15) is 9.59 Å². The summed E-state index contributed by atoms with van der Waals surface area (Å²) in [6.45, 7) is 0.432. The highest BCUT2D eigenvalue weighted by molar-refractivity contribution is 6.36. The summed E-state index contributed by atoms with van der Waals surface area (Å²) in [7, 11) is 1.53. The molecule has 7 heteroatoms. The molecule has 5 nitrogen and oxygen atoms in total. The largest absolute Gasteiger partial charge is 0.480 e. The third-order valence-electron chi connectivity index (χ3n) is 2.62. The van der Waals surface area contributed by atoms with Crippen molar-refractivity contribution in [3.05, 3.63) is 33.8 Å². The van der Waals surface area contributed by atoms with Gasteiger partial charge >= 0.3 is 5.97 Å². The number of rotatable bonds is 7. The van der Waals surface area contributed by atoms with Crippen LogP contribution in [-0.2, 0) is 9.53 Å². The maximum Gasteiger partial charge on any atom is 0.326 e. The normalized spacial score (nSPS) is 11.9. The number of ether oxygens (including phenoxy) is 1. The van der Waals surface area contributed by atoms with Crippen LogP contribution in [0.2, 0.25) is 10.0 Å². The number of carboxylic acid groups (broad SMARTS) is 1. The molecule has 0 radical (unpaired) electrons. The Kier molecular flexibility index (Phi) is 6.78. The molecule has 0 saturated carbocycles. The SMILES string of the molecule is COCCCC(NC(=O)c1ccc(Cl)cc1Cl)C(=O)O. The minimum Gasteiger partial charge on any atom is -0.480 e. The maximum absolute atomic E-state index is 12.0. The van der Waals surface area contributed by atoms with Crippen LogP contribution in [0.5, 0.6) is 0 Å². The van der Waals surface area contributed by atoms with E-state index in [0.29, 0.717) is 18.1 Å². The molecule has 0 aliphatic carbocycles. The highest BCUT2D eigenvalue weighted by atomic mass is 35.5. The Balaban J connectivity index is 2.72. The Hall–Kier alpha value is -1.30. The van der Waals surface area contributed by atoms with Crippen LogP contribution in [0.4, 0.5) is 0 Å². The Morgan fingerprint density at radius 1 is 1.40 bits per heavy atom. The van der Waals surface area contributed by atoms with Gasteiger partial charge in [0.25, 0.3) is 5.91 Å². The first-order valence-corrected chi connectivity index (χ1v) is 6.69. The van der Waals surface area contributed by atoms with E-state index in [0.717, 1.165) is 0 Å². The van der Waals surface area contributed by atoms with E-state index in [-0.39, 0.29) is 17.0 Å². The average Bonchev–Trinajstić information content (AvgIpc) is 2.37.